The van der Waals surface area contributed by atoms with E-state index in [1.54, 1.807) is 39.8 Å². The number of fused-ring (bicyclic) bond motifs is 14. The zero-order chi connectivity index (χ0) is 37.4. The second-order valence-corrected chi connectivity index (χ2v) is 13.4. The first-order valence-electron chi connectivity index (χ1n) is 16.4. The van der Waals surface area contributed by atoms with E-state index in [9.17, 15) is 39.9 Å². The molecule has 0 saturated carbocycles. The maximum Gasteiger partial charge on any atom is 0.312 e. The number of nitrogens with one attached hydrogen (secondary N) is 1. The zero-order valence-electron chi connectivity index (χ0n) is 29.7. The summed E-state index contributed by atoms with van der Waals surface area (Å²) in [4.78, 5) is 39.2. The minimum Gasteiger partial charge on any atom is -0.507 e. The van der Waals surface area contributed by atoms with E-state index in [-0.39, 0.29) is 38.9 Å². The quantitative estimate of drug-likeness (QED) is 0.143. The smallest absolute Gasteiger partial charge is 0.312 e. The van der Waals surface area contributed by atoms with Crippen molar-refractivity contribution >= 4 is 34.1 Å². The van der Waals surface area contributed by atoms with Gasteiger partial charge in [0.1, 0.15) is 23.4 Å². The summed E-state index contributed by atoms with van der Waals surface area (Å²) in [7, 11) is 1.43. The Bertz CT molecular complexity index is 1760. The number of Topliss-reactive ketones (excluding diaryl/α,β-unsaturated/α-hetero) is 1. The molecule has 6 N–H and O–H groups in total. The molecule has 272 valence electrons. The van der Waals surface area contributed by atoms with Crippen molar-refractivity contribution in [1.82, 2.24) is 0 Å². The van der Waals surface area contributed by atoms with Crippen LogP contribution in [-0.4, -0.2) is 80.5 Å². The number of phenolic OH excluding ortho intramolecular Hbond substituents is 3. The molecule has 13 heteroatoms. The summed E-state index contributed by atoms with van der Waals surface area (Å²) in [6.45, 7) is 12.5. The highest BCUT2D eigenvalue weighted by Crippen LogP contribution is 2.53. The molecule has 13 nitrogen and oxygen atoms in total. The molecule has 0 unspecified atom stereocenters. The van der Waals surface area contributed by atoms with E-state index in [4.69, 9.17) is 18.9 Å². The topological polar surface area (TPSA) is 201 Å². The summed E-state index contributed by atoms with van der Waals surface area (Å²) in [5, 5.41) is 58.2. The minimum atomic E-state index is -1.98. The van der Waals surface area contributed by atoms with Crippen LogP contribution in [0.4, 0.5) is 5.69 Å². The first-order valence-corrected chi connectivity index (χ1v) is 16.4. The second kappa shape index (κ2) is 14.7. The number of aliphatic hydroxyl groups excluding tert-OH is 2. The van der Waals surface area contributed by atoms with Crippen LogP contribution >= 0.6 is 0 Å². The van der Waals surface area contributed by atoms with Crippen molar-refractivity contribution in [3.05, 3.63) is 53.3 Å². The second-order valence-electron chi connectivity index (χ2n) is 13.4. The number of ether oxygens (including phenoxy) is 4. The molecular weight excluding hydrogens is 650 g/mol. The number of amides is 1. The zero-order valence-corrected chi connectivity index (χ0v) is 29.7. The Labute approximate surface area is 290 Å². The Kier molecular flexibility index (Phi) is 11.2. The van der Waals surface area contributed by atoms with Crippen LogP contribution in [0, 0.1) is 30.6 Å². The standard InChI is InChI=1S/C37H47NO12/c1-16-11-10-12-17(2)36(46)38-23-15-24(40)26-27(32(23)44)31(43)21(6)34-28(26)35(45)37(8,50-34)48-14-13-25(47-9)18(3)33(49-22(7)39)20(5)30(42)19(4)29(16)41/h10-16,18-20,25,29-30,33,40-44H,1-9H3,(H,38,46)/b11-10?,14-13?,17-12-/t16-,18+,19+,20+,25-,29-,30+,33+,37-/m0/s1. The molecule has 0 saturated heterocycles. The Hall–Kier alpha value is -4.59. The van der Waals surface area contributed by atoms with Gasteiger partial charge in [-0.05, 0) is 19.9 Å². The molecule has 3 heterocycles. The van der Waals surface area contributed by atoms with Gasteiger partial charge in [-0.2, -0.15) is 0 Å². The number of esters is 1. The number of ketones is 1. The molecule has 0 fully saturated rings. The molecule has 5 rings (SSSR count). The summed E-state index contributed by atoms with van der Waals surface area (Å²) in [5.41, 5.74) is -0.0929. The number of phenols is 3. The van der Waals surface area contributed by atoms with Gasteiger partial charge in [-0.25, -0.2) is 0 Å². The lowest BCUT2D eigenvalue weighted by molar-refractivity contribution is -0.160. The van der Waals surface area contributed by atoms with E-state index in [0.29, 0.717) is 0 Å². The van der Waals surface area contributed by atoms with Crippen LogP contribution in [0.3, 0.4) is 0 Å². The number of methoxy groups -OCH3 is 1. The van der Waals surface area contributed by atoms with E-state index in [1.165, 1.54) is 53.2 Å². The van der Waals surface area contributed by atoms with Gasteiger partial charge in [0, 0.05) is 67.2 Å². The average Bonchev–Trinajstić information content (AvgIpc) is 3.33. The van der Waals surface area contributed by atoms with Crippen molar-refractivity contribution in [3.8, 4) is 23.0 Å². The Balaban J connectivity index is 1.87. The lowest BCUT2D eigenvalue weighted by atomic mass is 9.78. The van der Waals surface area contributed by atoms with Crippen molar-refractivity contribution in [2.24, 2.45) is 23.7 Å². The number of benzene rings is 2. The molecule has 2 aromatic rings. The third kappa shape index (κ3) is 7.03. The fourth-order valence-electron chi connectivity index (χ4n) is 6.65. The fourth-order valence-corrected chi connectivity index (χ4v) is 6.65. The van der Waals surface area contributed by atoms with Crippen molar-refractivity contribution < 1.29 is 58.9 Å². The third-order valence-electron chi connectivity index (χ3n) is 9.84. The Morgan fingerprint density at radius 2 is 1.60 bits per heavy atom. The van der Waals surface area contributed by atoms with Crippen molar-refractivity contribution in [2.45, 2.75) is 85.6 Å². The highest BCUT2D eigenvalue weighted by molar-refractivity contribution is 6.21. The van der Waals surface area contributed by atoms with E-state index in [2.05, 4.69) is 5.32 Å². The van der Waals surface area contributed by atoms with Crippen LogP contribution in [-0.2, 0) is 23.8 Å². The van der Waals surface area contributed by atoms with Crippen molar-refractivity contribution in [2.75, 3.05) is 12.4 Å². The highest BCUT2D eigenvalue weighted by Gasteiger charge is 2.49. The molecular formula is C37H47NO12. The highest BCUT2D eigenvalue weighted by atomic mass is 16.7. The number of rotatable bonds is 2. The molecule has 9 atom stereocenters. The van der Waals surface area contributed by atoms with Crippen LogP contribution in [0.5, 0.6) is 23.0 Å². The molecule has 3 aliphatic heterocycles. The maximum atomic E-state index is 13.9. The predicted octanol–water partition coefficient (Wildman–Crippen LogP) is 4.75. The maximum absolute atomic E-state index is 13.9. The summed E-state index contributed by atoms with van der Waals surface area (Å²) >= 11 is 0. The Morgan fingerprint density at radius 1 is 0.940 bits per heavy atom. The van der Waals surface area contributed by atoms with Crippen molar-refractivity contribution in [1.29, 1.82) is 0 Å². The van der Waals surface area contributed by atoms with Gasteiger partial charge in [0.2, 0.25) is 0 Å². The molecule has 3 aliphatic rings. The lowest BCUT2D eigenvalue weighted by Crippen LogP contribution is -2.46. The first-order chi connectivity index (χ1) is 23.4. The number of anilines is 1. The average molecular weight is 698 g/mol. The van der Waals surface area contributed by atoms with Gasteiger partial charge in [0.25, 0.3) is 11.7 Å². The number of aromatic hydroxyl groups is 3. The molecule has 0 aliphatic carbocycles. The number of hydrogen-bond donors (Lipinski definition) is 6. The van der Waals surface area contributed by atoms with Gasteiger partial charge in [0.05, 0.1) is 41.2 Å². The summed E-state index contributed by atoms with van der Waals surface area (Å²) in [6, 6.07) is 1.06. The Morgan fingerprint density at radius 3 is 2.22 bits per heavy atom. The third-order valence-corrected chi connectivity index (χ3v) is 9.84. The van der Waals surface area contributed by atoms with E-state index in [1.807, 2.05) is 0 Å². The van der Waals surface area contributed by atoms with Gasteiger partial charge < -0.3 is 49.8 Å². The van der Waals surface area contributed by atoms with Crippen LogP contribution in [0.1, 0.15) is 64.4 Å². The molecule has 5 bridgehead atoms. The molecule has 2 aromatic carbocycles. The molecule has 1 amide bonds. The summed E-state index contributed by atoms with van der Waals surface area (Å²) in [5.74, 6) is -7.99. The van der Waals surface area contributed by atoms with Crippen molar-refractivity contribution in [3.63, 3.8) is 0 Å². The van der Waals surface area contributed by atoms with Crippen LogP contribution in [0.25, 0.3) is 10.8 Å². The van der Waals surface area contributed by atoms with Crippen LogP contribution in [0.15, 0.2) is 42.2 Å². The number of allylic oxidation sites excluding steroid dienone is 2. The monoisotopic (exact) mass is 697 g/mol. The number of aliphatic hydroxyl groups is 2. The van der Waals surface area contributed by atoms with Crippen LogP contribution in [0.2, 0.25) is 0 Å². The predicted molar refractivity (Wildman–Crippen MR) is 184 cm³/mol. The first kappa shape index (κ1) is 38.2. The summed E-state index contributed by atoms with van der Waals surface area (Å²) < 4.78 is 23.2. The van der Waals surface area contributed by atoms with Gasteiger partial charge in [-0.1, -0.05) is 45.9 Å². The number of carbonyl (C=O) groups excluding carboxylic acids is 3. The normalized spacial score (nSPS) is 31.9. The number of hydrogen-bond acceptors (Lipinski definition) is 12. The fraction of sp³-hybridized carbons (Fsp3) is 0.486. The van der Waals surface area contributed by atoms with Gasteiger partial charge >= 0.3 is 11.8 Å². The van der Waals surface area contributed by atoms with Gasteiger partial charge in [-0.3, -0.25) is 14.4 Å². The SMILES string of the molecule is CO[C@H]1C=CO[C@@]2(C)Oc3c(C)c(O)c4c(O)c(cc(O)c4c3C2=O)NC(=O)/C(C)=C\C=C[C@H](C)[C@H](O)[C@@H](C)[C@@H](O)[C@@H](C)[C@H](OC(C)=O)[C@@H]1C. The molecule has 0 radical (unpaired) electrons. The van der Waals surface area contributed by atoms with E-state index >= 15 is 0 Å². The molecule has 50 heavy (non-hydrogen) atoms. The van der Waals surface area contributed by atoms with Gasteiger partial charge in [0.15, 0.2) is 5.75 Å². The number of carbonyl (C=O) groups is 3. The molecule has 0 spiro atoms. The largest absolute Gasteiger partial charge is 0.507 e. The lowest BCUT2D eigenvalue weighted by Gasteiger charge is -2.38. The van der Waals surface area contributed by atoms with Crippen LogP contribution < -0.4 is 10.1 Å². The minimum absolute atomic E-state index is 0.0709. The van der Waals surface area contributed by atoms with E-state index in [0.717, 1.165) is 6.07 Å². The summed E-state index contributed by atoms with van der Waals surface area (Å²) in [6.07, 6.45) is 3.62. The van der Waals surface area contributed by atoms with E-state index < -0.39 is 88.8 Å². The van der Waals surface area contributed by atoms with Gasteiger partial charge in [-0.15, -0.1) is 0 Å². The molecule has 0 aromatic heterocycles.